The van der Waals surface area contributed by atoms with Crippen LogP contribution < -0.4 is 5.73 Å². The maximum atomic E-state index is 12.3. The summed E-state index contributed by atoms with van der Waals surface area (Å²) in [5.41, 5.74) is 7.29. The Morgan fingerprint density at radius 2 is 2.11 bits per heavy atom. The number of rotatable bonds is 2. The molecule has 18 heavy (non-hydrogen) atoms. The zero-order chi connectivity index (χ0) is 13.1. The number of thiocarbonyl (C=S) groups is 1. The van der Waals surface area contributed by atoms with Crippen molar-refractivity contribution in [3.63, 3.8) is 0 Å². The van der Waals surface area contributed by atoms with Gasteiger partial charge in [-0.05, 0) is 31.4 Å². The lowest BCUT2D eigenvalue weighted by atomic mass is 9.96. The molecule has 0 unspecified atom stereocenters. The Kier molecular flexibility index (Phi) is 3.91. The first kappa shape index (κ1) is 13.0. The summed E-state index contributed by atoms with van der Waals surface area (Å²) >= 11 is 4.99. The number of carbonyl (C=O) groups is 1. The maximum absolute atomic E-state index is 12.3. The first-order chi connectivity index (χ1) is 8.58. The molecule has 1 saturated heterocycles. The second-order valence-electron chi connectivity index (χ2n) is 4.72. The molecule has 1 aromatic rings. The molecule has 0 bridgehead atoms. The van der Waals surface area contributed by atoms with Crippen LogP contribution in [-0.2, 0) is 0 Å². The molecule has 1 aliphatic rings. The van der Waals surface area contributed by atoms with E-state index in [9.17, 15) is 4.79 Å². The standard InChI is InChI=1S/C13H17N3OS/c1-9-6-11(8-15-7-9)13(17)16-4-2-10(3-5-16)12(14)18/h6-8,10H,2-5H2,1H3,(H2,14,18). The van der Waals surface area contributed by atoms with Crippen LogP contribution in [0.2, 0.25) is 0 Å². The second-order valence-corrected chi connectivity index (χ2v) is 5.19. The van der Waals surface area contributed by atoms with Gasteiger partial charge in [0.15, 0.2) is 0 Å². The minimum Gasteiger partial charge on any atom is -0.393 e. The van der Waals surface area contributed by atoms with E-state index in [2.05, 4.69) is 4.98 Å². The molecule has 1 aromatic heterocycles. The van der Waals surface area contributed by atoms with Crippen LogP contribution in [0.4, 0.5) is 0 Å². The minimum atomic E-state index is 0.0487. The highest BCUT2D eigenvalue weighted by atomic mass is 32.1. The number of hydrogen-bond acceptors (Lipinski definition) is 3. The van der Waals surface area contributed by atoms with Crippen LogP contribution in [0, 0.1) is 12.8 Å². The highest BCUT2D eigenvalue weighted by molar-refractivity contribution is 7.80. The summed E-state index contributed by atoms with van der Waals surface area (Å²) in [5.74, 6) is 0.326. The van der Waals surface area contributed by atoms with E-state index in [-0.39, 0.29) is 11.8 Å². The summed E-state index contributed by atoms with van der Waals surface area (Å²) in [6.45, 7) is 3.37. The normalized spacial score (nSPS) is 16.6. The van der Waals surface area contributed by atoms with Gasteiger partial charge in [-0.3, -0.25) is 9.78 Å². The van der Waals surface area contributed by atoms with E-state index in [0.717, 1.165) is 31.5 Å². The van der Waals surface area contributed by atoms with Gasteiger partial charge in [0.1, 0.15) is 0 Å². The van der Waals surface area contributed by atoms with Gasteiger partial charge < -0.3 is 10.6 Å². The highest BCUT2D eigenvalue weighted by Crippen LogP contribution is 2.19. The number of piperidine rings is 1. The SMILES string of the molecule is Cc1cncc(C(=O)N2CCC(C(N)=S)CC2)c1. The molecule has 2 rings (SSSR count). The summed E-state index contributed by atoms with van der Waals surface area (Å²) in [7, 11) is 0. The van der Waals surface area contributed by atoms with Crippen molar-refractivity contribution in [2.75, 3.05) is 13.1 Å². The van der Waals surface area contributed by atoms with E-state index in [1.807, 2.05) is 17.9 Å². The summed E-state index contributed by atoms with van der Waals surface area (Å²) in [6.07, 6.45) is 5.09. The molecule has 0 aliphatic carbocycles. The molecule has 96 valence electrons. The van der Waals surface area contributed by atoms with Gasteiger partial charge in [0.05, 0.1) is 10.6 Å². The minimum absolute atomic E-state index is 0.0487. The number of nitrogens with two attached hydrogens (primary N) is 1. The van der Waals surface area contributed by atoms with Crippen molar-refractivity contribution in [3.8, 4) is 0 Å². The fourth-order valence-corrected chi connectivity index (χ4v) is 2.46. The van der Waals surface area contributed by atoms with E-state index >= 15 is 0 Å². The van der Waals surface area contributed by atoms with E-state index in [0.29, 0.717) is 10.6 Å². The number of carbonyl (C=O) groups excluding carboxylic acids is 1. The van der Waals surface area contributed by atoms with Crippen LogP contribution in [-0.4, -0.2) is 33.9 Å². The second kappa shape index (κ2) is 5.44. The molecule has 0 saturated carbocycles. The topological polar surface area (TPSA) is 59.2 Å². The molecule has 1 amide bonds. The summed E-state index contributed by atoms with van der Waals surface area (Å²) in [5, 5.41) is 0. The van der Waals surface area contributed by atoms with Crippen LogP contribution in [0.3, 0.4) is 0 Å². The van der Waals surface area contributed by atoms with Gasteiger partial charge in [0.25, 0.3) is 5.91 Å². The van der Waals surface area contributed by atoms with Gasteiger partial charge in [0, 0.05) is 31.4 Å². The van der Waals surface area contributed by atoms with Crippen molar-refractivity contribution in [2.24, 2.45) is 11.7 Å². The van der Waals surface area contributed by atoms with Crippen molar-refractivity contribution >= 4 is 23.1 Å². The van der Waals surface area contributed by atoms with Crippen LogP contribution in [0.15, 0.2) is 18.5 Å². The lowest BCUT2D eigenvalue weighted by molar-refractivity contribution is 0.0710. The Balaban J connectivity index is 2.02. The zero-order valence-corrected chi connectivity index (χ0v) is 11.2. The molecule has 2 heterocycles. The first-order valence-corrected chi connectivity index (χ1v) is 6.49. The van der Waals surface area contributed by atoms with Gasteiger partial charge in [-0.15, -0.1) is 0 Å². The van der Waals surface area contributed by atoms with Crippen LogP contribution in [0.1, 0.15) is 28.8 Å². The Morgan fingerprint density at radius 3 is 2.67 bits per heavy atom. The molecule has 1 aliphatic heterocycles. The monoisotopic (exact) mass is 263 g/mol. The smallest absolute Gasteiger partial charge is 0.255 e. The van der Waals surface area contributed by atoms with E-state index in [1.54, 1.807) is 12.4 Å². The third-order valence-corrected chi connectivity index (χ3v) is 3.64. The predicted molar refractivity (Wildman–Crippen MR) is 74.4 cm³/mol. The average Bonchev–Trinajstić information content (AvgIpc) is 2.38. The molecule has 0 aromatic carbocycles. The summed E-state index contributed by atoms with van der Waals surface area (Å²) < 4.78 is 0. The maximum Gasteiger partial charge on any atom is 0.255 e. The number of aromatic nitrogens is 1. The predicted octanol–water partition coefficient (Wildman–Crippen LogP) is 1.53. The lowest BCUT2D eigenvalue weighted by Gasteiger charge is -2.31. The Morgan fingerprint density at radius 1 is 1.44 bits per heavy atom. The number of hydrogen-bond donors (Lipinski definition) is 1. The van der Waals surface area contributed by atoms with E-state index in [1.165, 1.54) is 0 Å². The van der Waals surface area contributed by atoms with Crippen LogP contribution in [0.25, 0.3) is 0 Å². The zero-order valence-electron chi connectivity index (χ0n) is 10.4. The molecule has 0 atom stereocenters. The first-order valence-electron chi connectivity index (χ1n) is 6.08. The van der Waals surface area contributed by atoms with Crippen molar-refractivity contribution in [2.45, 2.75) is 19.8 Å². The number of likely N-dealkylation sites (tertiary alicyclic amines) is 1. The average molecular weight is 263 g/mol. The van der Waals surface area contributed by atoms with E-state index in [4.69, 9.17) is 18.0 Å². The molecule has 5 heteroatoms. The van der Waals surface area contributed by atoms with Crippen LogP contribution >= 0.6 is 12.2 Å². The number of pyridine rings is 1. The Labute approximate surface area is 112 Å². The summed E-state index contributed by atoms with van der Waals surface area (Å²) in [4.78, 5) is 18.7. The summed E-state index contributed by atoms with van der Waals surface area (Å²) in [6, 6.07) is 1.87. The van der Waals surface area contributed by atoms with Gasteiger partial charge in [-0.1, -0.05) is 12.2 Å². The van der Waals surface area contributed by atoms with Gasteiger partial charge in [-0.25, -0.2) is 0 Å². The molecule has 2 N–H and O–H groups in total. The molecular weight excluding hydrogens is 246 g/mol. The fourth-order valence-electron chi connectivity index (χ4n) is 2.22. The lowest BCUT2D eigenvalue weighted by Crippen LogP contribution is -2.41. The third kappa shape index (κ3) is 2.85. The molecule has 4 nitrogen and oxygen atoms in total. The number of aryl methyl sites for hydroxylation is 1. The third-order valence-electron chi connectivity index (χ3n) is 3.31. The van der Waals surface area contributed by atoms with Crippen molar-refractivity contribution in [1.29, 1.82) is 0 Å². The van der Waals surface area contributed by atoms with Gasteiger partial charge >= 0.3 is 0 Å². The Hall–Kier alpha value is -1.49. The molecule has 0 spiro atoms. The van der Waals surface area contributed by atoms with Crippen molar-refractivity contribution in [1.82, 2.24) is 9.88 Å². The van der Waals surface area contributed by atoms with Crippen molar-refractivity contribution in [3.05, 3.63) is 29.6 Å². The highest BCUT2D eigenvalue weighted by Gasteiger charge is 2.24. The van der Waals surface area contributed by atoms with Gasteiger partial charge in [-0.2, -0.15) is 0 Å². The largest absolute Gasteiger partial charge is 0.393 e. The molecular formula is C13H17N3OS. The van der Waals surface area contributed by atoms with Crippen LogP contribution in [0.5, 0.6) is 0 Å². The fraction of sp³-hybridized carbons (Fsp3) is 0.462. The molecule has 1 fully saturated rings. The Bertz CT molecular complexity index is 467. The van der Waals surface area contributed by atoms with E-state index < -0.39 is 0 Å². The molecule has 0 radical (unpaired) electrons. The number of amides is 1. The number of nitrogens with zero attached hydrogens (tertiary/aromatic N) is 2. The quantitative estimate of drug-likeness (QED) is 0.822. The van der Waals surface area contributed by atoms with Gasteiger partial charge in [0.2, 0.25) is 0 Å². The van der Waals surface area contributed by atoms with Crippen molar-refractivity contribution < 1.29 is 4.79 Å².